The number of amides is 1. The molecule has 24 heavy (non-hydrogen) atoms. The van der Waals surface area contributed by atoms with Crippen LogP contribution in [0.1, 0.15) is 17.2 Å². The maximum absolute atomic E-state index is 12.3. The molecule has 0 fully saturated rings. The SMILES string of the molecule is CN(C)C[C@H](NC(=O)/C=C/c1ccc(Cl)c(Cl)c1)c1ccccc1. The molecule has 1 N–H and O–H groups in total. The second-order valence-electron chi connectivity index (χ2n) is 5.74. The first-order valence-electron chi connectivity index (χ1n) is 7.59. The van der Waals surface area contributed by atoms with Crippen LogP contribution in [0.25, 0.3) is 6.08 Å². The van der Waals surface area contributed by atoms with E-state index < -0.39 is 0 Å². The molecule has 0 spiro atoms. The standard InChI is InChI=1S/C19H20Cl2N2O/c1-23(2)13-18(15-6-4-3-5-7-15)22-19(24)11-9-14-8-10-16(20)17(21)12-14/h3-12,18H,13H2,1-2H3,(H,22,24)/b11-9+/t18-/m0/s1. The zero-order valence-corrected chi connectivity index (χ0v) is 15.2. The highest BCUT2D eigenvalue weighted by Crippen LogP contribution is 2.23. The van der Waals surface area contributed by atoms with Crippen molar-refractivity contribution in [2.24, 2.45) is 0 Å². The normalized spacial score (nSPS) is 12.5. The molecule has 2 aromatic rings. The van der Waals surface area contributed by atoms with Crippen molar-refractivity contribution >= 4 is 35.2 Å². The van der Waals surface area contributed by atoms with E-state index >= 15 is 0 Å². The van der Waals surface area contributed by atoms with E-state index in [0.717, 1.165) is 17.7 Å². The van der Waals surface area contributed by atoms with E-state index in [9.17, 15) is 4.79 Å². The molecule has 3 nitrogen and oxygen atoms in total. The molecule has 2 rings (SSSR count). The van der Waals surface area contributed by atoms with Crippen molar-refractivity contribution < 1.29 is 4.79 Å². The van der Waals surface area contributed by atoms with Gasteiger partial charge in [0.2, 0.25) is 5.91 Å². The Labute approximate surface area is 152 Å². The van der Waals surface area contributed by atoms with Crippen LogP contribution in [-0.4, -0.2) is 31.4 Å². The first-order valence-corrected chi connectivity index (χ1v) is 8.34. The Hall–Kier alpha value is -1.81. The van der Waals surface area contributed by atoms with Gasteiger partial charge in [-0.15, -0.1) is 0 Å². The summed E-state index contributed by atoms with van der Waals surface area (Å²) in [6.07, 6.45) is 3.22. The average Bonchev–Trinajstić information content (AvgIpc) is 2.56. The third-order valence-electron chi connectivity index (χ3n) is 3.44. The largest absolute Gasteiger partial charge is 0.344 e. The molecule has 0 saturated carbocycles. The van der Waals surface area contributed by atoms with Gasteiger partial charge in [0.15, 0.2) is 0 Å². The molecule has 0 saturated heterocycles. The molecule has 126 valence electrons. The lowest BCUT2D eigenvalue weighted by Gasteiger charge is -2.22. The van der Waals surface area contributed by atoms with Gasteiger partial charge in [-0.2, -0.15) is 0 Å². The van der Waals surface area contributed by atoms with Gasteiger partial charge in [-0.25, -0.2) is 0 Å². The van der Waals surface area contributed by atoms with Crippen LogP contribution < -0.4 is 5.32 Å². The summed E-state index contributed by atoms with van der Waals surface area (Å²) in [5.41, 5.74) is 1.89. The summed E-state index contributed by atoms with van der Waals surface area (Å²) < 4.78 is 0. The molecule has 1 amide bonds. The van der Waals surface area contributed by atoms with E-state index in [4.69, 9.17) is 23.2 Å². The van der Waals surface area contributed by atoms with Crippen molar-refractivity contribution in [1.29, 1.82) is 0 Å². The first kappa shape index (κ1) is 18.5. The lowest BCUT2D eigenvalue weighted by molar-refractivity contribution is -0.117. The van der Waals surface area contributed by atoms with Crippen LogP contribution in [0.4, 0.5) is 0 Å². The fourth-order valence-electron chi connectivity index (χ4n) is 2.29. The predicted molar refractivity (Wildman–Crippen MR) is 101 cm³/mol. The Balaban J connectivity index is 2.07. The van der Waals surface area contributed by atoms with Gasteiger partial charge in [0, 0.05) is 12.6 Å². The number of halogens is 2. The number of likely N-dealkylation sites (N-methyl/N-ethyl adjacent to an activating group) is 1. The smallest absolute Gasteiger partial charge is 0.244 e. The summed E-state index contributed by atoms with van der Waals surface area (Å²) in [6, 6.07) is 15.1. The van der Waals surface area contributed by atoms with Crippen LogP contribution in [0.3, 0.4) is 0 Å². The van der Waals surface area contributed by atoms with Gasteiger partial charge in [0.25, 0.3) is 0 Å². The quantitative estimate of drug-likeness (QED) is 0.771. The summed E-state index contributed by atoms with van der Waals surface area (Å²) >= 11 is 11.9. The van der Waals surface area contributed by atoms with Crippen LogP contribution >= 0.6 is 23.2 Å². The maximum atomic E-state index is 12.3. The molecule has 0 bridgehead atoms. The first-order chi connectivity index (χ1) is 11.5. The number of benzene rings is 2. The van der Waals surface area contributed by atoms with Crippen molar-refractivity contribution in [3.8, 4) is 0 Å². The van der Waals surface area contributed by atoms with Crippen LogP contribution in [0.2, 0.25) is 10.0 Å². The highest BCUT2D eigenvalue weighted by Gasteiger charge is 2.13. The Morgan fingerprint density at radius 3 is 2.46 bits per heavy atom. The van der Waals surface area contributed by atoms with Crippen molar-refractivity contribution in [1.82, 2.24) is 10.2 Å². The number of nitrogens with one attached hydrogen (secondary N) is 1. The number of nitrogens with zero attached hydrogens (tertiary/aromatic N) is 1. The van der Waals surface area contributed by atoms with Crippen molar-refractivity contribution in [3.63, 3.8) is 0 Å². The van der Waals surface area contributed by atoms with E-state index in [1.165, 1.54) is 6.08 Å². The monoisotopic (exact) mass is 362 g/mol. The fraction of sp³-hybridized carbons (Fsp3) is 0.211. The van der Waals surface area contributed by atoms with Crippen molar-refractivity contribution in [2.75, 3.05) is 20.6 Å². The second kappa shape index (κ2) is 8.88. The van der Waals surface area contributed by atoms with Gasteiger partial charge >= 0.3 is 0 Å². The van der Waals surface area contributed by atoms with Gasteiger partial charge in [0.1, 0.15) is 0 Å². The van der Waals surface area contributed by atoms with E-state index in [-0.39, 0.29) is 11.9 Å². The summed E-state index contributed by atoms with van der Waals surface area (Å²) in [6.45, 7) is 0.719. The zero-order chi connectivity index (χ0) is 17.5. The number of hydrogen-bond donors (Lipinski definition) is 1. The highest BCUT2D eigenvalue weighted by atomic mass is 35.5. The molecule has 0 radical (unpaired) electrons. The van der Waals surface area contributed by atoms with Crippen LogP contribution in [0.5, 0.6) is 0 Å². The Bertz CT molecular complexity index is 715. The van der Waals surface area contributed by atoms with Gasteiger partial charge in [-0.3, -0.25) is 4.79 Å². The topological polar surface area (TPSA) is 32.3 Å². The second-order valence-corrected chi connectivity index (χ2v) is 6.56. The summed E-state index contributed by atoms with van der Waals surface area (Å²) in [5, 5.41) is 3.99. The van der Waals surface area contributed by atoms with E-state index in [1.54, 1.807) is 18.2 Å². The number of carbonyl (C=O) groups excluding carboxylic acids is 1. The zero-order valence-electron chi connectivity index (χ0n) is 13.7. The summed E-state index contributed by atoms with van der Waals surface area (Å²) in [7, 11) is 3.96. The molecular weight excluding hydrogens is 343 g/mol. The molecule has 0 aliphatic heterocycles. The molecule has 1 atom stereocenters. The molecule has 0 aliphatic carbocycles. The van der Waals surface area contributed by atoms with Crippen LogP contribution in [0.15, 0.2) is 54.6 Å². The van der Waals surface area contributed by atoms with E-state index in [1.807, 2.05) is 55.4 Å². The van der Waals surface area contributed by atoms with E-state index in [0.29, 0.717) is 10.0 Å². The lowest BCUT2D eigenvalue weighted by atomic mass is 10.1. The van der Waals surface area contributed by atoms with Gasteiger partial charge in [-0.1, -0.05) is 59.6 Å². The van der Waals surface area contributed by atoms with E-state index in [2.05, 4.69) is 5.32 Å². The summed E-state index contributed by atoms with van der Waals surface area (Å²) in [5.74, 6) is -0.156. The Kier molecular flexibility index (Phi) is 6.85. The Morgan fingerprint density at radius 1 is 1.12 bits per heavy atom. The molecule has 0 aliphatic rings. The van der Waals surface area contributed by atoms with Crippen molar-refractivity contribution in [2.45, 2.75) is 6.04 Å². The minimum absolute atomic E-state index is 0.0767. The minimum atomic E-state index is -0.156. The highest BCUT2D eigenvalue weighted by molar-refractivity contribution is 6.42. The number of rotatable bonds is 6. The number of carbonyl (C=O) groups is 1. The number of hydrogen-bond acceptors (Lipinski definition) is 2. The van der Waals surface area contributed by atoms with Crippen LogP contribution in [0, 0.1) is 0 Å². The van der Waals surface area contributed by atoms with Crippen molar-refractivity contribution in [3.05, 3.63) is 75.8 Å². The molecule has 0 aromatic heterocycles. The Morgan fingerprint density at radius 2 is 1.83 bits per heavy atom. The average molecular weight is 363 g/mol. The lowest BCUT2D eigenvalue weighted by Crippen LogP contribution is -2.34. The molecular formula is C19H20Cl2N2O. The molecule has 0 heterocycles. The minimum Gasteiger partial charge on any atom is -0.344 e. The van der Waals surface area contributed by atoms with Gasteiger partial charge in [0.05, 0.1) is 16.1 Å². The molecule has 2 aromatic carbocycles. The van der Waals surface area contributed by atoms with Gasteiger partial charge in [-0.05, 0) is 43.4 Å². The van der Waals surface area contributed by atoms with Crippen LogP contribution in [-0.2, 0) is 4.79 Å². The van der Waals surface area contributed by atoms with Gasteiger partial charge < -0.3 is 10.2 Å². The maximum Gasteiger partial charge on any atom is 0.244 e. The summed E-state index contributed by atoms with van der Waals surface area (Å²) in [4.78, 5) is 14.3. The third-order valence-corrected chi connectivity index (χ3v) is 4.18. The fourth-order valence-corrected chi connectivity index (χ4v) is 2.60. The molecule has 5 heteroatoms. The predicted octanol–water partition coefficient (Wildman–Crippen LogP) is 4.43. The molecule has 0 unspecified atom stereocenters. The third kappa shape index (κ3) is 5.68.